The Morgan fingerprint density at radius 2 is 1.85 bits per heavy atom. The first-order valence-corrected chi connectivity index (χ1v) is 12.7. The second kappa shape index (κ2) is 11.5. The van der Waals surface area contributed by atoms with Crippen molar-refractivity contribution < 1.29 is 22.4 Å². The molecule has 0 saturated carbocycles. The van der Waals surface area contributed by atoms with Gasteiger partial charge >= 0.3 is 0 Å². The molecule has 0 bridgehead atoms. The molecule has 7 nitrogen and oxygen atoms in total. The van der Waals surface area contributed by atoms with Crippen molar-refractivity contribution in [2.24, 2.45) is 0 Å². The van der Waals surface area contributed by atoms with E-state index in [1.807, 2.05) is 6.92 Å². The molecule has 0 aromatic heterocycles. The molecule has 0 aliphatic heterocycles. The Bertz CT molecular complexity index is 1110. The Hall–Kier alpha value is -2.65. The highest BCUT2D eigenvalue weighted by Crippen LogP contribution is 2.26. The van der Waals surface area contributed by atoms with E-state index in [1.54, 1.807) is 19.1 Å². The van der Waals surface area contributed by atoms with E-state index in [4.69, 9.17) is 11.6 Å². The van der Waals surface area contributed by atoms with Crippen molar-refractivity contribution in [3.63, 3.8) is 0 Å². The monoisotopic (exact) mass is 497 g/mol. The van der Waals surface area contributed by atoms with Crippen molar-refractivity contribution >= 4 is 39.1 Å². The van der Waals surface area contributed by atoms with E-state index in [9.17, 15) is 22.4 Å². The van der Waals surface area contributed by atoms with Gasteiger partial charge < -0.3 is 10.2 Å². The Kier molecular flexibility index (Phi) is 9.25. The van der Waals surface area contributed by atoms with Crippen molar-refractivity contribution in [2.45, 2.75) is 39.8 Å². The molecular weight excluding hydrogens is 469 g/mol. The fourth-order valence-corrected chi connectivity index (χ4v) is 4.42. The minimum atomic E-state index is -3.85. The quantitative estimate of drug-likeness (QED) is 0.544. The summed E-state index contributed by atoms with van der Waals surface area (Å²) in [6.07, 6.45) is 1.70. The average molecular weight is 498 g/mol. The maximum atomic E-state index is 14.3. The zero-order valence-electron chi connectivity index (χ0n) is 19.1. The Labute approximate surface area is 199 Å². The van der Waals surface area contributed by atoms with Gasteiger partial charge in [-0.2, -0.15) is 0 Å². The number of halogens is 2. The number of hydrogen-bond donors (Lipinski definition) is 1. The van der Waals surface area contributed by atoms with Crippen LogP contribution in [0.2, 0.25) is 5.02 Å². The summed E-state index contributed by atoms with van der Waals surface area (Å²) in [5, 5.41) is 3.15. The molecule has 2 aromatic rings. The van der Waals surface area contributed by atoms with Gasteiger partial charge in [-0.25, -0.2) is 12.8 Å². The largest absolute Gasteiger partial charge is 0.354 e. The van der Waals surface area contributed by atoms with Crippen LogP contribution in [0, 0.1) is 12.7 Å². The molecule has 10 heteroatoms. The van der Waals surface area contributed by atoms with Gasteiger partial charge in [0.15, 0.2) is 0 Å². The zero-order valence-corrected chi connectivity index (χ0v) is 20.7. The number of nitrogens with zero attached hydrogens (tertiary/aromatic N) is 2. The van der Waals surface area contributed by atoms with Crippen molar-refractivity contribution in [2.75, 3.05) is 23.7 Å². The molecule has 0 fully saturated rings. The maximum absolute atomic E-state index is 14.3. The van der Waals surface area contributed by atoms with E-state index in [1.165, 1.54) is 42.2 Å². The van der Waals surface area contributed by atoms with Gasteiger partial charge in [-0.05, 0) is 50.1 Å². The van der Waals surface area contributed by atoms with Gasteiger partial charge in [0.25, 0.3) is 0 Å². The third kappa shape index (κ3) is 7.17. The van der Waals surface area contributed by atoms with Gasteiger partial charge in [-0.3, -0.25) is 13.9 Å². The number of carbonyl (C=O) groups excluding carboxylic acids is 2. The number of anilines is 1. The van der Waals surface area contributed by atoms with Gasteiger partial charge in [0, 0.05) is 23.7 Å². The molecule has 0 radical (unpaired) electrons. The summed E-state index contributed by atoms with van der Waals surface area (Å²) < 4.78 is 40.4. The highest BCUT2D eigenvalue weighted by Gasteiger charge is 2.30. The van der Waals surface area contributed by atoms with E-state index in [0.29, 0.717) is 29.2 Å². The number of benzene rings is 2. The highest BCUT2D eigenvalue weighted by molar-refractivity contribution is 7.92. The van der Waals surface area contributed by atoms with Crippen LogP contribution in [0.3, 0.4) is 0 Å². The van der Waals surface area contributed by atoms with E-state index in [2.05, 4.69) is 5.32 Å². The summed E-state index contributed by atoms with van der Waals surface area (Å²) in [6, 6.07) is 9.63. The first kappa shape index (κ1) is 26.6. The molecular formula is C23H29ClFN3O4S. The summed E-state index contributed by atoms with van der Waals surface area (Å²) >= 11 is 5.99. The first-order valence-electron chi connectivity index (χ1n) is 10.5. The van der Waals surface area contributed by atoms with Crippen LogP contribution in [-0.4, -0.2) is 50.5 Å². The molecule has 0 heterocycles. The second-order valence-corrected chi connectivity index (χ2v) is 10.1. The number of nitrogens with one attached hydrogen (secondary N) is 1. The maximum Gasteiger partial charge on any atom is 0.244 e. The van der Waals surface area contributed by atoms with Gasteiger partial charge in [-0.1, -0.05) is 36.7 Å². The molecule has 0 spiro atoms. The average Bonchev–Trinajstić information content (AvgIpc) is 2.74. The molecule has 2 rings (SSSR count). The van der Waals surface area contributed by atoms with Gasteiger partial charge in [0.1, 0.15) is 18.4 Å². The van der Waals surface area contributed by atoms with E-state index >= 15 is 0 Å². The smallest absolute Gasteiger partial charge is 0.244 e. The molecule has 1 atom stereocenters. The van der Waals surface area contributed by atoms with Gasteiger partial charge in [0.2, 0.25) is 21.8 Å². The Morgan fingerprint density at radius 1 is 1.18 bits per heavy atom. The van der Waals surface area contributed by atoms with Gasteiger partial charge in [0.05, 0.1) is 11.9 Å². The number of amides is 2. The lowest BCUT2D eigenvalue weighted by Crippen LogP contribution is -2.51. The van der Waals surface area contributed by atoms with E-state index in [-0.39, 0.29) is 12.1 Å². The standard InChI is InChI=1S/C23H29ClFN3O4S/c1-5-12-26-23(30)17(3)27(14-18-8-6-7-9-20(18)25)22(29)15-28(33(4,31)32)21-11-10-19(24)13-16(21)2/h6-11,13,17H,5,12,14-15H2,1-4H3,(H,26,30)/t17-/m0/s1. The molecule has 0 aliphatic carbocycles. The van der Waals surface area contributed by atoms with Crippen LogP contribution in [0.1, 0.15) is 31.4 Å². The van der Waals surface area contributed by atoms with Crippen LogP contribution < -0.4 is 9.62 Å². The minimum Gasteiger partial charge on any atom is -0.354 e. The van der Waals surface area contributed by atoms with Crippen LogP contribution in [-0.2, 0) is 26.2 Å². The number of carbonyl (C=O) groups is 2. The number of aryl methyl sites for hydroxylation is 1. The molecule has 2 amide bonds. The lowest BCUT2D eigenvalue weighted by molar-refractivity contribution is -0.139. The van der Waals surface area contributed by atoms with Crippen LogP contribution in [0.25, 0.3) is 0 Å². The van der Waals surface area contributed by atoms with Crippen LogP contribution >= 0.6 is 11.6 Å². The number of rotatable bonds is 10. The second-order valence-electron chi connectivity index (χ2n) is 7.78. The SMILES string of the molecule is CCCNC(=O)[C@H](C)N(Cc1ccccc1F)C(=O)CN(c1ccc(Cl)cc1C)S(C)(=O)=O. The van der Waals surface area contributed by atoms with Gasteiger partial charge in [-0.15, -0.1) is 0 Å². The fraction of sp³-hybridized carbons (Fsp3) is 0.391. The van der Waals surface area contributed by atoms with E-state index < -0.39 is 40.2 Å². The zero-order chi connectivity index (χ0) is 24.8. The topological polar surface area (TPSA) is 86.8 Å². The van der Waals surface area contributed by atoms with Crippen molar-refractivity contribution in [1.29, 1.82) is 0 Å². The molecule has 33 heavy (non-hydrogen) atoms. The normalized spacial score (nSPS) is 12.2. The summed E-state index contributed by atoms with van der Waals surface area (Å²) in [7, 11) is -3.85. The Balaban J connectivity index is 2.42. The van der Waals surface area contributed by atoms with Crippen LogP contribution in [0.15, 0.2) is 42.5 Å². The third-order valence-corrected chi connectivity index (χ3v) is 6.48. The van der Waals surface area contributed by atoms with Crippen molar-refractivity contribution in [1.82, 2.24) is 10.2 Å². The van der Waals surface area contributed by atoms with Crippen molar-refractivity contribution in [3.05, 3.63) is 64.4 Å². The molecule has 0 aliphatic rings. The summed E-state index contributed by atoms with van der Waals surface area (Å²) in [4.78, 5) is 27.2. The summed E-state index contributed by atoms with van der Waals surface area (Å²) in [6.45, 7) is 4.78. The minimum absolute atomic E-state index is 0.191. The highest BCUT2D eigenvalue weighted by atomic mass is 35.5. The van der Waals surface area contributed by atoms with E-state index in [0.717, 1.165) is 10.6 Å². The first-order chi connectivity index (χ1) is 15.5. The summed E-state index contributed by atoms with van der Waals surface area (Å²) in [5.41, 5.74) is 1.08. The molecule has 180 valence electrons. The molecule has 1 N–H and O–H groups in total. The predicted molar refractivity (Wildman–Crippen MR) is 128 cm³/mol. The van der Waals surface area contributed by atoms with Crippen LogP contribution in [0.5, 0.6) is 0 Å². The third-order valence-electron chi connectivity index (χ3n) is 5.12. The number of sulfonamides is 1. The lowest BCUT2D eigenvalue weighted by Gasteiger charge is -2.32. The Morgan fingerprint density at radius 3 is 2.42 bits per heavy atom. The fourth-order valence-electron chi connectivity index (χ4n) is 3.28. The van der Waals surface area contributed by atoms with Crippen molar-refractivity contribution in [3.8, 4) is 0 Å². The lowest BCUT2D eigenvalue weighted by atomic mass is 10.1. The molecule has 0 saturated heterocycles. The molecule has 2 aromatic carbocycles. The molecule has 0 unspecified atom stereocenters. The number of hydrogen-bond acceptors (Lipinski definition) is 4. The van der Waals surface area contributed by atoms with Crippen LogP contribution in [0.4, 0.5) is 10.1 Å². The predicted octanol–water partition coefficient (Wildman–Crippen LogP) is 3.50. The summed E-state index contributed by atoms with van der Waals surface area (Å²) in [5.74, 6) is -1.57.